The molecule has 0 spiro atoms. The maximum Gasteiger partial charge on any atom is 0.276 e. The number of hydrogen-bond acceptors (Lipinski definition) is 6. The predicted molar refractivity (Wildman–Crippen MR) is 130 cm³/mol. The molecule has 1 N–H and O–H groups in total. The minimum Gasteiger partial charge on any atom is -0.378 e. The quantitative estimate of drug-likeness (QED) is 0.321. The summed E-state index contributed by atoms with van der Waals surface area (Å²) >= 11 is 8.89. The summed E-state index contributed by atoms with van der Waals surface area (Å²) in [6.45, 7) is 0. The van der Waals surface area contributed by atoms with Gasteiger partial charge in [-0.3, -0.25) is 14.2 Å². The van der Waals surface area contributed by atoms with Crippen LogP contribution < -0.4 is 15.8 Å². The number of amides is 1. The molecule has 1 amide bonds. The molecule has 2 aromatic heterocycles. The van der Waals surface area contributed by atoms with Gasteiger partial charge in [-0.05, 0) is 47.8 Å². The van der Waals surface area contributed by atoms with Crippen LogP contribution in [0.2, 0.25) is 5.02 Å². The van der Waals surface area contributed by atoms with Gasteiger partial charge in [-0.15, -0.1) is 11.3 Å². The van der Waals surface area contributed by atoms with E-state index in [0.717, 1.165) is 5.69 Å². The standard InChI is InChI=1S/C22H19ClN4O2S2/c1-26(2)15-9-7-14(8-10-15)24-19(28)13-31-22-25-17-11-12-30-20(17)21(29)27(22)18-6-4-3-5-16(18)23/h3-12H,13H2,1-2H3,(H,24,28). The number of carbonyl (C=O) groups excluding carboxylic acids is 1. The number of fused-ring (bicyclic) bond motifs is 1. The third-order valence-corrected chi connectivity index (χ3v) is 6.69. The van der Waals surface area contributed by atoms with Gasteiger partial charge in [0.05, 0.1) is 22.0 Å². The summed E-state index contributed by atoms with van der Waals surface area (Å²) in [7, 11) is 3.92. The van der Waals surface area contributed by atoms with Gasteiger partial charge in [0, 0.05) is 25.5 Å². The van der Waals surface area contributed by atoms with Gasteiger partial charge < -0.3 is 10.2 Å². The number of thioether (sulfide) groups is 1. The molecular weight excluding hydrogens is 452 g/mol. The van der Waals surface area contributed by atoms with Gasteiger partial charge in [0.1, 0.15) is 4.70 Å². The molecule has 0 atom stereocenters. The van der Waals surface area contributed by atoms with Crippen molar-refractivity contribution >= 4 is 62.2 Å². The van der Waals surface area contributed by atoms with E-state index in [0.29, 0.717) is 31.8 Å². The summed E-state index contributed by atoms with van der Waals surface area (Å²) < 4.78 is 2.03. The highest BCUT2D eigenvalue weighted by Gasteiger charge is 2.17. The molecule has 0 saturated carbocycles. The molecule has 6 nitrogen and oxygen atoms in total. The molecule has 2 aromatic carbocycles. The second-order valence-corrected chi connectivity index (χ2v) is 9.17. The first kappa shape index (κ1) is 21.4. The number of hydrogen-bond donors (Lipinski definition) is 1. The molecule has 0 aliphatic heterocycles. The van der Waals surface area contributed by atoms with E-state index in [9.17, 15) is 9.59 Å². The van der Waals surface area contributed by atoms with Crippen molar-refractivity contribution in [2.45, 2.75) is 5.16 Å². The Hall–Kier alpha value is -2.81. The van der Waals surface area contributed by atoms with Crippen LogP contribution in [0.15, 0.2) is 69.9 Å². The molecule has 158 valence electrons. The summed E-state index contributed by atoms with van der Waals surface area (Å²) in [4.78, 5) is 32.3. The van der Waals surface area contributed by atoms with Crippen LogP contribution in [0, 0.1) is 0 Å². The van der Waals surface area contributed by atoms with Crippen LogP contribution >= 0.6 is 34.7 Å². The van der Waals surface area contributed by atoms with Gasteiger partial charge in [0.25, 0.3) is 5.56 Å². The molecule has 2 heterocycles. The normalized spacial score (nSPS) is 10.9. The minimum absolute atomic E-state index is 0.0992. The molecule has 0 radical (unpaired) electrons. The van der Waals surface area contributed by atoms with Gasteiger partial charge in [-0.2, -0.15) is 0 Å². The number of carbonyl (C=O) groups is 1. The fraction of sp³-hybridized carbons (Fsp3) is 0.136. The summed E-state index contributed by atoms with van der Waals surface area (Å²) in [5.41, 5.74) is 2.71. The van der Waals surface area contributed by atoms with Crippen LogP contribution in [-0.2, 0) is 4.79 Å². The highest BCUT2D eigenvalue weighted by molar-refractivity contribution is 7.99. The molecule has 9 heteroatoms. The molecule has 0 aliphatic carbocycles. The van der Waals surface area contributed by atoms with Gasteiger partial charge in [0.15, 0.2) is 5.16 Å². The topological polar surface area (TPSA) is 67.2 Å². The van der Waals surface area contributed by atoms with Gasteiger partial charge in [0.2, 0.25) is 5.91 Å². The van der Waals surface area contributed by atoms with Crippen LogP contribution in [0.4, 0.5) is 11.4 Å². The van der Waals surface area contributed by atoms with Crippen molar-refractivity contribution in [2.24, 2.45) is 0 Å². The van der Waals surface area contributed by atoms with Crippen LogP contribution in [0.3, 0.4) is 0 Å². The second-order valence-electron chi connectivity index (χ2n) is 6.90. The Bertz CT molecular complexity index is 1300. The Labute approximate surface area is 192 Å². The van der Waals surface area contributed by atoms with Crippen molar-refractivity contribution in [3.8, 4) is 5.69 Å². The lowest BCUT2D eigenvalue weighted by Crippen LogP contribution is -2.22. The van der Waals surface area contributed by atoms with Crippen molar-refractivity contribution in [3.63, 3.8) is 0 Å². The van der Waals surface area contributed by atoms with Crippen molar-refractivity contribution in [2.75, 3.05) is 30.1 Å². The van der Waals surface area contributed by atoms with E-state index in [1.807, 2.05) is 54.7 Å². The van der Waals surface area contributed by atoms with Crippen LogP contribution in [0.1, 0.15) is 0 Å². The predicted octanol–water partition coefficient (Wildman–Crippen LogP) is 4.90. The average Bonchev–Trinajstić information content (AvgIpc) is 3.23. The lowest BCUT2D eigenvalue weighted by Gasteiger charge is -2.14. The van der Waals surface area contributed by atoms with Crippen molar-refractivity contribution in [1.29, 1.82) is 0 Å². The number of para-hydroxylation sites is 1. The van der Waals surface area contributed by atoms with E-state index < -0.39 is 0 Å². The summed E-state index contributed by atoms with van der Waals surface area (Å²) in [5.74, 6) is -0.0879. The van der Waals surface area contributed by atoms with Crippen LogP contribution in [-0.4, -0.2) is 35.3 Å². The third kappa shape index (κ3) is 4.61. The maximum absolute atomic E-state index is 13.1. The summed E-state index contributed by atoms with van der Waals surface area (Å²) in [6, 6.07) is 16.5. The molecule has 0 fully saturated rings. The Balaban J connectivity index is 1.59. The number of rotatable bonds is 6. The SMILES string of the molecule is CN(C)c1ccc(NC(=O)CSc2nc3ccsc3c(=O)n2-c2ccccc2Cl)cc1. The van der Waals surface area contributed by atoms with Crippen LogP contribution in [0.5, 0.6) is 0 Å². The van der Waals surface area contributed by atoms with E-state index in [1.54, 1.807) is 24.3 Å². The smallest absolute Gasteiger partial charge is 0.276 e. The first-order valence-corrected chi connectivity index (χ1v) is 11.6. The highest BCUT2D eigenvalue weighted by atomic mass is 35.5. The first-order valence-electron chi connectivity index (χ1n) is 9.39. The fourth-order valence-corrected chi connectivity index (χ4v) is 4.79. The number of thiophene rings is 1. The lowest BCUT2D eigenvalue weighted by atomic mass is 10.2. The number of nitrogens with one attached hydrogen (secondary N) is 1. The maximum atomic E-state index is 13.1. The highest BCUT2D eigenvalue weighted by Crippen LogP contribution is 2.27. The van der Waals surface area contributed by atoms with E-state index in [2.05, 4.69) is 10.3 Å². The Morgan fingerprint density at radius 3 is 2.61 bits per heavy atom. The Morgan fingerprint density at radius 2 is 1.90 bits per heavy atom. The number of nitrogens with zero attached hydrogens (tertiary/aromatic N) is 3. The molecule has 4 rings (SSSR count). The zero-order valence-corrected chi connectivity index (χ0v) is 19.2. The summed E-state index contributed by atoms with van der Waals surface area (Å²) in [5, 5.41) is 5.56. The van der Waals surface area contributed by atoms with Crippen molar-refractivity contribution < 1.29 is 4.79 Å². The van der Waals surface area contributed by atoms with Gasteiger partial charge in [-0.1, -0.05) is 35.5 Å². The Kier molecular flexibility index (Phi) is 6.31. The molecule has 0 unspecified atom stereocenters. The largest absolute Gasteiger partial charge is 0.378 e. The molecular formula is C22H19ClN4O2S2. The molecule has 0 saturated heterocycles. The fourth-order valence-electron chi connectivity index (χ4n) is 3.00. The monoisotopic (exact) mass is 470 g/mol. The van der Waals surface area contributed by atoms with E-state index in [1.165, 1.54) is 27.7 Å². The number of aromatic nitrogens is 2. The molecule has 31 heavy (non-hydrogen) atoms. The lowest BCUT2D eigenvalue weighted by molar-refractivity contribution is -0.113. The number of benzene rings is 2. The zero-order chi connectivity index (χ0) is 22.0. The Morgan fingerprint density at radius 1 is 1.16 bits per heavy atom. The molecule has 0 bridgehead atoms. The van der Waals surface area contributed by atoms with Crippen LogP contribution in [0.25, 0.3) is 15.9 Å². The van der Waals surface area contributed by atoms with E-state index >= 15 is 0 Å². The first-order chi connectivity index (χ1) is 14.9. The van der Waals surface area contributed by atoms with Crippen molar-refractivity contribution in [3.05, 3.63) is 75.4 Å². The average molecular weight is 471 g/mol. The minimum atomic E-state index is -0.199. The van der Waals surface area contributed by atoms with E-state index in [-0.39, 0.29) is 17.2 Å². The van der Waals surface area contributed by atoms with E-state index in [4.69, 9.17) is 11.6 Å². The molecule has 0 aliphatic rings. The van der Waals surface area contributed by atoms with Gasteiger partial charge >= 0.3 is 0 Å². The molecule has 4 aromatic rings. The second kappa shape index (κ2) is 9.13. The third-order valence-electron chi connectivity index (χ3n) is 4.54. The summed E-state index contributed by atoms with van der Waals surface area (Å²) in [6.07, 6.45) is 0. The number of anilines is 2. The van der Waals surface area contributed by atoms with Crippen molar-refractivity contribution in [1.82, 2.24) is 9.55 Å². The number of halogens is 1. The van der Waals surface area contributed by atoms with Gasteiger partial charge in [-0.25, -0.2) is 4.98 Å². The zero-order valence-electron chi connectivity index (χ0n) is 16.8.